The lowest BCUT2D eigenvalue weighted by Gasteiger charge is -2.34. The summed E-state index contributed by atoms with van der Waals surface area (Å²) in [7, 11) is 0. The van der Waals surface area contributed by atoms with Crippen LogP contribution in [0.5, 0.6) is 0 Å². The topological polar surface area (TPSA) is 59.4 Å². The lowest BCUT2D eigenvalue weighted by molar-refractivity contribution is 0.0195. The van der Waals surface area contributed by atoms with Gasteiger partial charge in [0.25, 0.3) is 0 Å². The molecule has 0 bridgehead atoms. The molecule has 6 nitrogen and oxygen atoms in total. The van der Waals surface area contributed by atoms with Gasteiger partial charge in [-0.05, 0) is 45.0 Å². The number of halogens is 1. The van der Waals surface area contributed by atoms with Gasteiger partial charge >= 0.3 is 6.09 Å². The maximum absolute atomic E-state index is 12.3. The van der Waals surface area contributed by atoms with E-state index in [9.17, 15) is 4.79 Å². The molecule has 1 aliphatic heterocycles. The first-order valence-electron chi connectivity index (χ1n) is 8.34. The fourth-order valence-electron chi connectivity index (χ4n) is 2.72. The van der Waals surface area contributed by atoms with Crippen molar-refractivity contribution in [2.24, 2.45) is 0 Å². The summed E-state index contributed by atoms with van der Waals surface area (Å²) in [5.41, 5.74) is 1.56. The minimum Gasteiger partial charge on any atom is -0.444 e. The van der Waals surface area contributed by atoms with Gasteiger partial charge in [-0.2, -0.15) is 5.10 Å². The number of rotatable bonds is 2. The molecule has 2 aromatic rings. The summed E-state index contributed by atoms with van der Waals surface area (Å²) in [5.74, 6) is 0. The number of hydrogen-bond acceptors (Lipinski definition) is 4. The van der Waals surface area contributed by atoms with Crippen molar-refractivity contribution in [3.05, 3.63) is 46.7 Å². The third-order valence-electron chi connectivity index (χ3n) is 3.92. The first-order valence-corrected chi connectivity index (χ1v) is 9.13. The van der Waals surface area contributed by atoms with E-state index >= 15 is 0 Å². The molecule has 1 fully saturated rings. The molecule has 1 aliphatic rings. The highest BCUT2D eigenvalue weighted by atomic mass is 79.9. The summed E-state index contributed by atoms with van der Waals surface area (Å²) in [4.78, 5) is 14.1. The maximum Gasteiger partial charge on any atom is 0.410 e. The van der Waals surface area contributed by atoms with Gasteiger partial charge in [-0.25, -0.2) is 9.48 Å². The van der Waals surface area contributed by atoms with Gasteiger partial charge in [0.05, 0.1) is 17.9 Å². The zero-order valence-corrected chi connectivity index (χ0v) is 16.3. The van der Waals surface area contributed by atoms with Crippen LogP contribution >= 0.6 is 15.9 Å². The van der Waals surface area contributed by atoms with E-state index in [-0.39, 0.29) is 12.1 Å². The Kier molecular flexibility index (Phi) is 5.15. The van der Waals surface area contributed by atoms with Gasteiger partial charge in [0.1, 0.15) is 5.60 Å². The van der Waals surface area contributed by atoms with Crippen LogP contribution in [0.4, 0.5) is 4.79 Å². The van der Waals surface area contributed by atoms with Gasteiger partial charge in [0.2, 0.25) is 0 Å². The van der Waals surface area contributed by atoms with Gasteiger partial charge in [-0.3, -0.25) is 0 Å². The molecule has 0 spiro atoms. The van der Waals surface area contributed by atoms with Crippen molar-refractivity contribution in [2.75, 3.05) is 19.6 Å². The normalized spacial score (nSPS) is 18.2. The quantitative estimate of drug-likeness (QED) is 0.828. The van der Waals surface area contributed by atoms with Gasteiger partial charge < -0.3 is 15.0 Å². The third-order valence-corrected chi connectivity index (χ3v) is 4.45. The summed E-state index contributed by atoms with van der Waals surface area (Å²) >= 11 is 3.44. The highest BCUT2D eigenvalue weighted by molar-refractivity contribution is 9.10. The van der Waals surface area contributed by atoms with Crippen LogP contribution in [0.3, 0.4) is 0 Å². The average Bonchev–Trinajstić information content (AvgIpc) is 3.04. The molecule has 1 N–H and O–H groups in total. The van der Waals surface area contributed by atoms with Crippen LogP contribution in [0.2, 0.25) is 0 Å². The Morgan fingerprint density at radius 3 is 2.72 bits per heavy atom. The first kappa shape index (κ1) is 17.9. The van der Waals surface area contributed by atoms with E-state index in [0.717, 1.165) is 22.3 Å². The lowest BCUT2D eigenvalue weighted by Crippen LogP contribution is -2.49. The Labute approximate surface area is 156 Å². The molecule has 7 heteroatoms. The summed E-state index contributed by atoms with van der Waals surface area (Å²) in [6.45, 7) is 7.59. The fourth-order valence-corrected chi connectivity index (χ4v) is 2.98. The van der Waals surface area contributed by atoms with E-state index < -0.39 is 5.60 Å². The number of amides is 1. The van der Waals surface area contributed by atoms with Gasteiger partial charge in [-0.15, -0.1) is 0 Å². The molecule has 0 saturated carbocycles. The van der Waals surface area contributed by atoms with E-state index in [0.29, 0.717) is 13.1 Å². The minimum absolute atomic E-state index is 0.0467. The molecule has 1 unspecified atom stereocenters. The van der Waals surface area contributed by atoms with Crippen molar-refractivity contribution in [3.63, 3.8) is 0 Å². The van der Waals surface area contributed by atoms with Crippen LogP contribution in [-0.2, 0) is 4.74 Å². The molecular formula is C18H23BrN4O2. The predicted octanol–water partition coefficient (Wildman–Crippen LogP) is 3.52. The average molecular weight is 407 g/mol. The van der Waals surface area contributed by atoms with Crippen LogP contribution in [0.15, 0.2) is 41.1 Å². The lowest BCUT2D eigenvalue weighted by atomic mass is 10.1. The fraction of sp³-hybridized carbons (Fsp3) is 0.444. The predicted molar refractivity (Wildman–Crippen MR) is 99.8 cm³/mol. The highest BCUT2D eigenvalue weighted by Crippen LogP contribution is 2.21. The molecule has 134 valence electrons. The second-order valence-electron chi connectivity index (χ2n) is 7.13. The first-order chi connectivity index (χ1) is 11.8. The summed E-state index contributed by atoms with van der Waals surface area (Å²) in [6.07, 6.45) is 3.58. The molecule has 1 aromatic carbocycles. The number of hydrogen-bond donors (Lipinski definition) is 1. The largest absolute Gasteiger partial charge is 0.444 e. The standard InChI is InChI=1S/C18H23BrN4O2/c1-18(2,3)25-17(24)22-9-8-20-16(12-22)13-10-21-23(11-13)15-6-4-14(19)5-7-15/h4-7,10-11,16,20H,8-9,12H2,1-3H3. The zero-order chi connectivity index (χ0) is 18.0. The molecule has 2 heterocycles. The third kappa shape index (κ3) is 4.61. The number of aromatic nitrogens is 2. The van der Waals surface area contributed by atoms with Crippen LogP contribution in [0.1, 0.15) is 32.4 Å². The zero-order valence-electron chi connectivity index (χ0n) is 14.7. The van der Waals surface area contributed by atoms with Gasteiger partial charge in [-0.1, -0.05) is 15.9 Å². The van der Waals surface area contributed by atoms with Crippen molar-refractivity contribution in [1.29, 1.82) is 0 Å². The Bertz CT molecular complexity index is 736. The Hall–Kier alpha value is -1.86. The molecular weight excluding hydrogens is 384 g/mol. The van der Waals surface area contributed by atoms with E-state index in [1.54, 1.807) is 4.90 Å². The molecule has 1 saturated heterocycles. The number of carbonyl (C=O) groups excluding carboxylic acids is 1. The van der Waals surface area contributed by atoms with Crippen LogP contribution < -0.4 is 5.32 Å². The van der Waals surface area contributed by atoms with E-state index in [4.69, 9.17) is 4.74 Å². The Morgan fingerprint density at radius 2 is 2.04 bits per heavy atom. The van der Waals surface area contributed by atoms with Gasteiger partial charge in [0.15, 0.2) is 0 Å². The number of benzene rings is 1. The van der Waals surface area contributed by atoms with E-state index in [1.807, 2.05) is 62.1 Å². The molecule has 1 atom stereocenters. The maximum atomic E-state index is 12.3. The molecule has 1 aromatic heterocycles. The summed E-state index contributed by atoms with van der Waals surface area (Å²) < 4.78 is 8.36. The summed E-state index contributed by atoms with van der Waals surface area (Å²) in [6, 6.07) is 8.02. The number of nitrogens with one attached hydrogen (secondary N) is 1. The minimum atomic E-state index is -0.482. The SMILES string of the molecule is CC(C)(C)OC(=O)N1CCNC(c2cnn(-c3ccc(Br)cc3)c2)C1. The second-order valence-corrected chi connectivity index (χ2v) is 8.04. The van der Waals surface area contributed by atoms with Crippen molar-refractivity contribution in [3.8, 4) is 5.69 Å². The monoisotopic (exact) mass is 406 g/mol. The van der Waals surface area contributed by atoms with Gasteiger partial charge in [0, 0.05) is 35.9 Å². The van der Waals surface area contributed by atoms with Crippen molar-refractivity contribution in [2.45, 2.75) is 32.4 Å². The van der Waals surface area contributed by atoms with Crippen LogP contribution in [0, 0.1) is 0 Å². The molecule has 3 rings (SSSR count). The van der Waals surface area contributed by atoms with E-state index in [2.05, 4.69) is 26.3 Å². The Balaban J connectivity index is 1.70. The number of carbonyl (C=O) groups is 1. The number of ether oxygens (including phenoxy) is 1. The summed E-state index contributed by atoms with van der Waals surface area (Å²) in [5, 5.41) is 7.89. The molecule has 0 radical (unpaired) electrons. The highest BCUT2D eigenvalue weighted by Gasteiger charge is 2.28. The molecule has 1 amide bonds. The van der Waals surface area contributed by atoms with Crippen LogP contribution in [0.25, 0.3) is 5.69 Å². The molecule has 25 heavy (non-hydrogen) atoms. The molecule has 0 aliphatic carbocycles. The second kappa shape index (κ2) is 7.17. The Morgan fingerprint density at radius 1 is 1.32 bits per heavy atom. The van der Waals surface area contributed by atoms with Crippen molar-refractivity contribution < 1.29 is 9.53 Å². The van der Waals surface area contributed by atoms with Crippen LogP contribution in [-0.4, -0.2) is 46.0 Å². The van der Waals surface area contributed by atoms with E-state index in [1.165, 1.54) is 0 Å². The smallest absolute Gasteiger partial charge is 0.410 e. The number of piperazine rings is 1. The van der Waals surface area contributed by atoms with Crippen molar-refractivity contribution in [1.82, 2.24) is 20.0 Å². The van der Waals surface area contributed by atoms with Crippen molar-refractivity contribution >= 4 is 22.0 Å². The number of nitrogens with zero attached hydrogens (tertiary/aromatic N) is 3.